The highest BCUT2D eigenvalue weighted by atomic mass is 32.1. The number of aryl methyl sites for hydroxylation is 2. The Morgan fingerprint density at radius 2 is 1.90 bits per heavy atom. The summed E-state index contributed by atoms with van der Waals surface area (Å²) in [5, 5.41) is 7.91. The van der Waals surface area contributed by atoms with E-state index in [-0.39, 0.29) is 6.04 Å². The van der Waals surface area contributed by atoms with Gasteiger partial charge in [0.25, 0.3) is 0 Å². The van der Waals surface area contributed by atoms with Crippen LogP contribution in [0.5, 0.6) is 0 Å². The number of hydrogen-bond donors (Lipinski definition) is 1. The second-order valence-electron chi connectivity index (χ2n) is 5.02. The van der Waals surface area contributed by atoms with Crippen molar-refractivity contribution < 1.29 is 0 Å². The third-order valence-electron chi connectivity index (χ3n) is 3.22. The molecule has 0 bridgehead atoms. The third kappa shape index (κ3) is 2.51. The average Bonchev–Trinajstić information content (AvgIpc) is 2.85. The van der Waals surface area contributed by atoms with Crippen molar-refractivity contribution in [2.45, 2.75) is 26.8 Å². The predicted octanol–water partition coefficient (Wildman–Crippen LogP) is 4.48. The molecule has 0 fully saturated rings. The quantitative estimate of drug-likeness (QED) is 0.770. The van der Waals surface area contributed by atoms with Crippen LogP contribution in [-0.4, -0.2) is 9.97 Å². The van der Waals surface area contributed by atoms with Gasteiger partial charge in [0.15, 0.2) is 0 Å². The fourth-order valence-electron chi connectivity index (χ4n) is 2.29. The third-order valence-corrected chi connectivity index (χ3v) is 4.37. The number of aromatic nitrogens is 2. The molecule has 3 rings (SSSR count). The van der Waals surface area contributed by atoms with Crippen molar-refractivity contribution in [2.24, 2.45) is 0 Å². The standard InChI is InChI=1S/C16H17N3S/c1-10-8-15(13-6-4-5-7-14(13)17-10)19-12(3)16-18-11(2)9-20-16/h4-9,12H,1-3H3,(H,17,19). The van der Waals surface area contributed by atoms with Crippen LogP contribution >= 0.6 is 11.3 Å². The molecular formula is C16H17N3S. The lowest BCUT2D eigenvalue weighted by Gasteiger charge is -2.15. The normalized spacial score (nSPS) is 12.6. The van der Waals surface area contributed by atoms with Gasteiger partial charge in [0.2, 0.25) is 0 Å². The summed E-state index contributed by atoms with van der Waals surface area (Å²) in [5.74, 6) is 0. The number of nitrogens with zero attached hydrogens (tertiary/aromatic N) is 2. The molecule has 0 aliphatic rings. The van der Waals surface area contributed by atoms with Crippen molar-refractivity contribution in [3.05, 3.63) is 52.1 Å². The number of hydrogen-bond acceptors (Lipinski definition) is 4. The van der Waals surface area contributed by atoms with Crippen molar-refractivity contribution in [1.29, 1.82) is 0 Å². The summed E-state index contributed by atoms with van der Waals surface area (Å²) in [4.78, 5) is 9.12. The van der Waals surface area contributed by atoms with Crippen LogP contribution in [0.2, 0.25) is 0 Å². The van der Waals surface area contributed by atoms with Crippen LogP contribution in [0.1, 0.15) is 29.4 Å². The zero-order valence-corrected chi connectivity index (χ0v) is 12.7. The summed E-state index contributed by atoms with van der Waals surface area (Å²) in [6.07, 6.45) is 0. The van der Waals surface area contributed by atoms with Crippen LogP contribution < -0.4 is 5.32 Å². The van der Waals surface area contributed by atoms with Crippen molar-refractivity contribution in [3.8, 4) is 0 Å². The minimum absolute atomic E-state index is 0.193. The lowest BCUT2D eigenvalue weighted by atomic mass is 10.1. The summed E-state index contributed by atoms with van der Waals surface area (Å²) >= 11 is 1.70. The number of anilines is 1. The molecule has 1 aromatic carbocycles. The van der Waals surface area contributed by atoms with Crippen LogP contribution in [-0.2, 0) is 0 Å². The molecule has 0 radical (unpaired) electrons. The number of para-hydroxylation sites is 1. The SMILES string of the molecule is Cc1csc(C(C)Nc2cc(C)nc3ccccc23)n1. The van der Waals surface area contributed by atoms with E-state index in [0.717, 1.165) is 33.0 Å². The number of benzene rings is 1. The second-order valence-corrected chi connectivity index (χ2v) is 5.91. The van der Waals surface area contributed by atoms with Gasteiger partial charge in [0.1, 0.15) is 5.01 Å². The van der Waals surface area contributed by atoms with Crippen molar-refractivity contribution in [3.63, 3.8) is 0 Å². The fourth-order valence-corrected chi connectivity index (χ4v) is 3.10. The van der Waals surface area contributed by atoms with Gasteiger partial charge in [-0.3, -0.25) is 4.98 Å². The first-order valence-electron chi connectivity index (χ1n) is 6.68. The molecule has 3 nitrogen and oxygen atoms in total. The van der Waals surface area contributed by atoms with E-state index in [2.05, 4.69) is 39.7 Å². The van der Waals surface area contributed by atoms with E-state index in [9.17, 15) is 0 Å². The van der Waals surface area contributed by atoms with E-state index in [0.29, 0.717) is 0 Å². The van der Waals surface area contributed by atoms with Crippen LogP contribution in [0.25, 0.3) is 10.9 Å². The Kier molecular flexibility index (Phi) is 3.40. The molecule has 0 saturated carbocycles. The average molecular weight is 283 g/mol. The van der Waals surface area contributed by atoms with Crippen molar-refractivity contribution >= 4 is 27.9 Å². The molecule has 2 aromatic heterocycles. The maximum absolute atomic E-state index is 4.57. The number of pyridine rings is 1. The monoisotopic (exact) mass is 283 g/mol. The smallest absolute Gasteiger partial charge is 0.115 e. The Balaban J connectivity index is 1.98. The van der Waals surface area contributed by atoms with Gasteiger partial charge in [0.05, 0.1) is 11.6 Å². The van der Waals surface area contributed by atoms with Gasteiger partial charge in [-0.15, -0.1) is 11.3 Å². The van der Waals surface area contributed by atoms with E-state index in [1.165, 1.54) is 0 Å². The lowest BCUT2D eigenvalue weighted by molar-refractivity contribution is 0.865. The van der Waals surface area contributed by atoms with E-state index in [4.69, 9.17) is 0 Å². The Bertz CT molecular complexity index is 748. The molecule has 4 heteroatoms. The van der Waals surface area contributed by atoms with E-state index in [1.54, 1.807) is 11.3 Å². The molecule has 2 heterocycles. The summed E-state index contributed by atoms with van der Waals surface area (Å²) in [5.41, 5.74) is 4.24. The molecule has 3 aromatic rings. The number of nitrogens with one attached hydrogen (secondary N) is 1. The molecule has 0 aliphatic carbocycles. The minimum Gasteiger partial charge on any atom is -0.375 e. The van der Waals surface area contributed by atoms with Gasteiger partial charge < -0.3 is 5.32 Å². The topological polar surface area (TPSA) is 37.8 Å². The largest absolute Gasteiger partial charge is 0.375 e. The maximum Gasteiger partial charge on any atom is 0.115 e. The van der Waals surface area contributed by atoms with E-state index >= 15 is 0 Å². The molecule has 1 N–H and O–H groups in total. The molecule has 0 spiro atoms. The second kappa shape index (κ2) is 5.21. The highest BCUT2D eigenvalue weighted by Crippen LogP contribution is 2.28. The van der Waals surface area contributed by atoms with Gasteiger partial charge in [-0.05, 0) is 32.9 Å². The van der Waals surface area contributed by atoms with Crippen LogP contribution in [0, 0.1) is 13.8 Å². The summed E-state index contributed by atoms with van der Waals surface area (Å²) in [6, 6.07) is 10.5. The molecule has 0 saturated heterocycles. The molecule has 1 atom stereocenters. The Labute approximate surface area is 122 Å². The van der Waals surface area contributed by atoms with Gasteiger partial charge in [0, 0.05) is 27.8 Å². The van der Waals surface area contributed by atoms with Gasteiger partial charge >= 0.3 is 0 Å². The molecule has 20 heavy (non-hydrogen) atoms. The Hall–Kier alpha value is -1.94. The Morgan fingerprint density at radius 1 is 1.10 bits per heavy atom. The zero-order chi connectivity index (χ0) is 14.1. The van der Waals surface area contributed by atoms with Gasteiger partial charge in [-0.2, -0.15) is 0 Å². The number of fused-ring (bicyclic) bond motifs is 1. The first-order chi connectivity index (χ1) is 9.63. The molecule has 1 unspecified atom stereocenters. The molecule has 0 aliphatic heterocycles. The number of rotatable bonds is 3. The van der Waals surface area contributed by atoms with Crippen molar-refractivity contribution in [2.75, 3.05) is 5.32 Å². The van der Waals surface area contributed by atoms with Crippen LogP contribution in [0.4, 0.5) is 5.69 Å². The van der Waals surface area contributed by atoms with Crippen molar-refractivity contribution in [1.82, 2.24) is 9.97 Å². The lowest BCUT2D eigenvalue weighted by Crippen LogP contribution is -2.07. The maximum atomic E-state index is 4.57. The fraction of sp³-hybridized carbons (Fsp3) is 0.250. The minimum atomic E-state index is 0.193. The number of thiazole rings is 1. The van der Waals surface area contributed by atoms with Crippen LogP contribution in [0.15, 0.2) is 35.7 Å². The summed E-state index contributed by atoms with van der Waals surface area (Å²) < 4.78 is 0. The van der Waals surface area contributed by atoms with Gasteiger partial charge in [-0.25, -0.2) is 4.98 Å². The molecular weight excluding hydrogens is 266 g/mol. The highest BCUT2D eigenvalue weighted by molar-refractivity contribution is 7.09. The molecule has 0 amide bonds. The van der Waals surface area contributed by atoms with E-state index < -0.39 is 0 Å². The first-order valence-corrected chi connectivity index (χ1v) is 7.56. The highest BCUT2D eigenvalue weighted by Gasteiger charge is 2.11. The van der Waals surface area contributed by atoms with Crippen LogP contribution in [0.3, 0.4) is 0 Å². The van der Waals surface area contributed by atoms with E-state index in [1.807, 2.05) is 32.0 Å². The summed E-state index contributed by atoms with van der Waals surface area (Å²) in [6.45, 7) is 6.19. The Morgan fingerprint density at radius 3 is 2.65 bits per heavy atom. The first kappa shape index (κ1) is 13.1. The predicted molar refractivity (Wildman–Crippen MR) is 85.4 cm³/mol. The zero-order valence-electron chi connectivity index (χ0n) is 11.8. The summed E-state index contributed by atoms with van der Waals surface area (Å²) in [7, 11) is 0. The van der Waals surface area contributed by atoms with Gasteiger partial charge in [-0.1, -0.05) is 18.2 Å². The molecule has 102 valence electrons.